The first-order valence-corrected chi connectivity index (χ1v) is 16.7. The average molecular weight is 653 g/mol. The molecular weight excluding hydrogens is 617 g/mol. The first-order chi connectivity index (χ1) is 21.1. The van der Waals surface area contributed by atoms with E-state index in [1.165, 1.54) is 17.5 Å². The van der Waals surface area contributed by atoms with E-state index in [4.69, 9.17) is 4.74 Å². The average Bonchev–Trinajstić information content (AvgIpc) is 3.55. The Labute approximate surface area is 266 Å². The molecule has 0 radical (unpaired) electrons. The van der Waals surface area contributed by atoms with Crippen LogP contribution < -0.4 is 16.0 Å². The second-order valence-electron chi connectivity index (χ2n) is 11.4. The summed E-state index contributed by atoms with van der Waals surface area (Å²) in [5, 5.41) is 10.5. The van der Waals surface area contributed by atoms with Crippen molar-refractivity contribution in [2.24, 2.45) is 0 Å². The van der Waals surface area contributed by atoms with Crippen LogP contribution in [0.2, 0.25) is 0 Å². The molecule has 0 aliphatic rings. The van der Waals surface area contributed by atoms with Crippen molar-refractivity contribution in [2.45, 2.75) is 46.8 Å². The lowest BCUT2D eigenvalue weighted by atomic mass is 10.0. The lowest BCUT2D eigenvalue weighted by Gasteiger charge is -2.19. The molecule has 12 nitrogen and oxygen atoms in total. The Morgan fingerprint density at radius 1 is 1.02 bits per heavy atom. The normalized spacial score (nSPS) is 11.7. The Kier molecular flexibility index (Phi) is 10.2. The Bertz CT molecular complexity index is 1840. The van der Waals surface area contributed by atoms with Crippen LogP contribution in [0.4, 0.5) is 5.13 Å². The molecule has 3 heterocycles. The number of ether oxygens (including phenoxy) is 1. The fourth-order valence-electron chi connectivity index (χ4n) is 4.41. The summed E-state index contributed by atoms with van der Waals surface area (Å²) in [7, 11) is -3.56. The van der Waals surface area contributed by atoms with Gasteiger partial charge in [0.25, 0.3) is 5.91 Å². The molecule has 238 valence electrons. The minimum absolute atomic E-state index is 0.0760. The molecule has 0 spiro atoms. The van der Waals surface area contributed by atoms with E-state index >= 15 is 0 Å². The second-order valence-corrected chi connectivity index (χ2v) is 14.1. The number of hydrogen-bond donors (Lipinski definition) is 3. The summed E-state index contributed by atoms with van der Waals surface area (Å²) < 4.78 is 30.3. The van der Waals surface area contributed by atoms with Crippen LogP contribution in [0.25, 0.3) is 22.4 Å². The van der Waals surface area contributed by atoms with E-state index in [-0.39, 0.29) is 24.6 Å². The Morgan fingerprint density at radius 2 is 1.73 bits per heavy atom. The molecule has 4 rings (SSSR count). The third-order valence-electron chi connectivity index (χ3n) is 6.59. The highest BCUT2D eigenvalue weighted by molar-refractivity contribution is 7.89. The Morgan fingerprint density at radius 3 is 2.42 bits per heavy atom. The van der Waals surface area contributed by atoms with Crippen molar-refractivity contribution in [1.82, 2.24) is 24.6 Å². The van der Waals surface area contributed by atoms with Gasteiger partial charge >= 0.3 is 5.97 Å². The minimum Gasteiger partial charge on any atom is -0.459 e. The summed E-state index contributed by atoms with van der Waals surface area (Å²) in [6.45, 7) is 8.89. The monoisotopic (exact) mass is 652 g/mol. The van der Waals surface area contributed by atoms with Gasteiger partial charge in [-0.3, -0.25) is 19.4 Å². The summed E-state index contributed by atoms with van der Waals surface area (Å²) in [4.78, 5) is 46.1. The SMILES string of the molecule is Cc1c(C(=O)NCC(=O)Nc2nc(-c3cccc(-c4ccnc(CNCC(=O)OC(C)(C)C)c4)c3)cs2)cn(S(C)(=O)=O)c1C. The van der Waals surface area contributed by atoms with Gasteiger partial charge in [0.15, 0.2) is 5.13 Å². The van der Waals surface area contributed by atoms with E-state index in [9.17, 15) is 22.8 Å². The molecule has 2 amide bonds. The van der Waals surface area contributed by atoms with E-state index in [1.54, 1.807) is 20.0 Å². The first-order valence-electron chi connectivity index (χ1n) is 14.0. The topological polar surface area (TPSA) is 161 Å². The van der Waals surface area contributed by atoms with Crippen molar-refractivity contribution in [3.63, 3.8) is 0 Å². The van der Waals surface area contributed by atoms with Crippen LogP contribution in [-0.2, 0) is 30.9 Å². The van der Waals surface area contributed by atoms with Gasteiger partial charge in [-0.1, -0.05) is 18.2 Å². The quantitative estimate of drug-likeness (QED) is 0.204. The maximum atomic E-state index is 12.7. The molecule has 45 heavy (non-hydrogen) atoms. The third kappa shape index (κ3) is 9.06. The number of aromatic nitrogens is 3. The van der Waals surface area contributed by atoms with Gasteiger partial charge in [0.05, 0.1) is 36.3 Å². The van der Waals surface area contributed by atoms with Gasteiger partial charge in [-0.05, 0) is 69.5 Å². The van der Waals surface area contributed by atoms with Gasteiger partial charge in [-0.15, -0.1) is 11.3 Å². The van der Waals surface area contributed by atoms with Crippen LogP contribution in [0, 0.1) is 13.8 Å². The number of amides is 2. The number of nitrogens with one attached hydrogen (secondary N) is 3. The minimum atomic E-state index is -3.56. The molecule has 0 saturated carbocycles. The van der Waals surface area contributed by atoms with Crippen molar-refractivity contribution in [3.8, 4) is 22.4 Å². The largest absolute Gasteiger partial charge is 0.459 e. The maximum absolute atomic E-state index is 12.7. The molecule has 0 unspecified atom stereocenters. The lowest BCUT2D eigenvalue weighted by molar-refractivity contribution is -0.153. The number of carbonyl (C=O) groups excluding carboxylic acids is 3. The van der Waals surface area contributed by atoms with Crippen molar-refractivity contribution < 1.29 is 27.5 Å². The Hall–Kier alpha value is -4.40. The van der Waals surface area contributed by atoms with Crippen LogP contribution >= 0.6 is 11.3 Å². The van der Waals surface area contributed by atoms with Gasteiger partial charge in [0.2, 0.25) is 15.9 Å². The highest BCUT2D eigenvalue weighted by Crippen LogP contribution is 2.29. The number of esters is 1. The highest BCUT2D eigenvalue weighted by Gasteiger charge is 2.20. The molecule has 3 aromatic heterocycles. The molecule has 4 aromatic rings. The molecular formula is C31H36N6O6S2. The van der Waals surface area contributed by atoms with E-state index in [1.807, 2.05) is 62.5 Å². The van der Waals surface area contributed by atoms with Gasteiger partial charge in [-0.25, -0.2) is 17.4 Å². The van der Waals surface area contributed by atoms with Crippen molar-refractivity contribution in [2.75, 3.05) is 24.7 Å². The van der Waals surface area contributed by atoms with Crippen LogP contribution in [-0.4, -0.2) is 65.1 Å². The lowest BCUT2D eigenvalue weighted by Crippen LogP contribution is -2.33. The standard InChI is InChI=1S/C31H36N6O6S2/c1-19-20(2)37(45(6,41)42)17-25(19)29(40)34-15-27(38)36-30-35-26(18-44-30)23-9-7-8-21(12-23)22-10-11-33-24(13-22)14-32-16-28(39)43-31(3,4)5/h7-13,17-18,32H,14-16H2,1-6H3,(H,34,40)(H,35,36,38). The smallest absolute Gasteiger partial charge is 0.320 e. The summed E-state index contributed by atoms with van der Waals surface area (Å²) in [5.74, 6) is -1.36. The Balaban J connectivity index is 1.35. The van der Waals surface area contributed by atoms with Gasteiger partial charge in [-0.2, -0.15) is 0 Å². The molecule has 0 aliphatic carbocycles. The van der Waals surface area contributed by atoms with Crippen molar-refractivity contribution in [3.05, 3.63) is 76.7 Å². The number of thiazole rings is 1. The number of hydrogen-bond acceptors (Lipinski definition) is 10. The van der Waals surface area contributed by atoms with Crippen LogP contribution in [0.3, 0.4) is 0 Å². The van der Waals surface area contributed by atoms with Crippen LogP contribution in [0.15, 0.2) is 54.2 Å². The molecule has 3 N–H and O–H groups in total. The molecule has 0 atom stereocenters. The number of rotatable bonds is 11. The van der Waals surface area contributed by atoms with Crippen LogP contribution in [0.1, 0.15) is 48.1 Å². The van der Waals surface area contributed by atoms with E-state index in [2.05, 4.69) is 25.9 Å². The number of nitrogens with zero attached hydrogens (tertiary/aromatic N) is 3. The predicted octanol–water partition coefficient (Wildman–Crippen LogP) is 3.90. The molecule has 0 aliphatic heterocycles. The third-order valence-corrected chi connectivity index (χ3v) is 8.44. The molecule has 0 saturated heterocycles. The highest BCUT2D eigenvalue weighted by atomic mass is 32.2. The fraction of sp³-hybridized carbons (Fsp3) is 0.323. The zero-order valence-corrected chi connectivity index (χ0v) is 27.6. The molecule has 0 bridgehead atoms. The van der Waals surface area contributed by atoms with Gasteiger partial charge in [0, 0.05) is 35.6 Å². The van der Waals surface area contributed by atoms with Crippen LogP contribution in [0.5, 0.6) is 0 Å². The van der Waals surface area contributed by atoms with E-state index < -0.39 is 27.4 Å². The zero-order valence-electron chi connectivity index (χ0n) is 25.9. The summed E-state index contributed by atoms with van der Waals surface area (Å²) >= 11 is 1.25. The molecule has 0 fully saturated rings. The number of pyridine rings is 1. The fourth-order valence-corrected chi connectivity index (χ4v) is 6.08. The number of benzene rings is 1. The molecule has 1 aromatic carbocycles. The van der Waals surface area contributed by atoms with E-state index in [0.29, 0.717) is 28.6 Å². The summed E-state index contributed by atoms with van der Waals surface area (Å²) in [6, 6.07) is 11.6. The zero-order chi connectivity index (χ0) is 32.9. The predicted molar refractivity (Wildman–Crippen MR) is 173 cm³/mol. The molecule has 14 heteroatoms. The van der Waals surface area contributed by atoms with Crippen molar-refractivity contribution in [1.29, 1.82) is 0 Å². The van der Waals surface area contributed by atoms with E-state index in [0.717, 1.165) is 32.6 Å². The summed E-state index contributed by atoms with van der Waals surface area (Å²) in [6.07, 6.45) is 4.02. The maximum Gasteiger partial charge on any atom is 0.320 e. The first kappa shape index (κ1) is 33.5. The summed E-state index contributed by atoms with van der Waals surface area (Å²) in [5.41, 5.74) is 4.76. The van der Waals surface area contributed by atoms with Gasteiger partial charge < -0.3 is 20.7 Å². The van der Waals surface area contributed by atoms with Crippen molar-refractivity contribution >= 4 is 44.3 Å². The second kappa shape index (κ2) is 13.7. The number of anilines is 1. The van der Waals surface area contributed by atoms with Gasteiger partial charge in [0.1, 0.15) is 5.60 Å². The number of carbonyl (C=O) groups is 3.